The summed E-state index contributed by atoms with van der Waals surface area (Å²) in [6.45, 7) is 1.84. The Morgan fingerprint density at radius 2 is 2.08 bits per heavy atom. The summed E-state index contributed by atoms with van der Waals surface area (Å²) in [7, 11) is 1.71. The van der Waals surface area contributed by atoms with Gasteiger partial charge in [-0.05, 0) is 40.9 Å². The molecule has 4 nitrogen and oxygen atoms in total. The van der Waals surface area contributed by atoms with Gasteiger partial charge in [-0.15, -0.1) is 24.0 Å². The first kappa shape index (κ1) is 19.9. The number of anilines is 1. The fraction of sp³-hybridized carbons (Fsp3) is 0.353. The van der Waals surface area contributed by atoms with Gasteiger partial charge in [0.15, 0.2) is 5.96 Å². The van der Waals surface area contributed by atoms with Gasteiger partial charge in [0.05, 0.1) is 0 Å². The fourth-order valence-electron chi connectivity index (χ4n) is 2.84. The Hall–Kier alpha value is -1.42. The lowest BCUT2D eigenvalue weighted by Gasteiger charge is -2.21. The lowest BCUT2D eigenvalue weighted by atomic mass is 10.2. The number of halogens is 3. The van der Waals surface area contributed by atoms with E-state index >= 15 is 0 Å². The van der Waals surface area contributed by atoms with Gasteiger partial charge in [0.1, 0.15) is 17.3 Å². The van der Waals surface area contributed by atoms with Crippen molar-refractivity contribution in [1.82, 2.24) is 10.6 Å². The Labute approximate surface area is 167 Å². The number of guanidine groups is 1. The Bertz CT molecular complexity index is 688. The second-order valence-electron chi connectivity index (χ2n) is 5.70. The zero-order valence-electron chi connectivity index (χ0n) is 13.8. The minimum atomic E-state index is -0.518. The van der Waals surface area contributed by atoms with Crippen LogP contribution in [0.5, 0.6) is 0 Å². The lowest BCUT2D eigenvalue weighted by Crippen LogP contribution is -2.44. The third-order valence-electron chi connectivity index (χ3n) is 4.05. The topological polar surface area (TPSA) is 39.7 Å². The summed E-state index contributed by atoms with van der Waals surface area (Å²) in [6.07, 6.45) is 0.799. The molecule has 25 heavy (non-hydrogen) atoms. The van der Waals surface area contributed by atoms with Crippen LogP contribution in [0.4, 0.5) is 14.5 Å². The molecule has 2 aromatic rings. The van der Waals surface area contributed by atoms with E-state index in [4.69, 9.17) is 0 Å². The standard InChI is InChI=1S/C17H20F2N4S.HI/c1-20-17(21-9-12-6-8-24-11-12)22-13-5-7-23(10-13)16-14(18)3-2-4-15(16)19;/h2-4,6,8,11,13H,5,7,9-10H2,1H3,(H2,20,21,22);1H. The van der Waals surface area contributed by atoms with Crippen molar-refractivity contribution < 1.29 is 8.78 Å². The molecule has 1 saturated heterocycles. The summed E-state index contributed by atoms with van der Waals surface area (Å²) >= 11 is 1.65. The summed E-state index contributed by atoms with van der Waals surface area (Å²) in [5.41, 5.74) is 1.26. The second kappa shape index (κ2) is 9.33. The van der Waals surface area contributed by atoms with Crippen molar-refractivity contribution >= 4 is 47.0 Å². The van der Waals surface area contributed by atoms with Gasteiger partial charge < -0.3 is 15.5 Å². The zero-order valence-corrected chi connectivity index (χ0v) is 17.0. The molecule has 0 radical (unpaired) electrons. The van der Waals surface area contributed by atoms with Crippen LogP contribution >= 0.6 is 35.3 Å². The summed E-state index contributed by atoms with van der Waals surface area (Å²) in [5.74, 6) is -0.340. The highest BCUT2D eigenvalue weighted by atomic mass is 127. The molecule has 136 valence electrons. The van der Waals surface area contributed by atoms with Crippen LogP contribution in [0.15, 0.2) is 40.0 Å². The SMILES string of the molecule is CN=C(NCc1ccsc1)NC1CCN(c2c(F)cccc2F)C1.I. The smallest absolute Gasteiger partial charge is 0.191 e. The molecule has 0 amide bonds. The van der Waals surface area contributed by atoms with Crippen molar-refractivity contribution in [2.75, 3.05) is 25.0 Å². The average Bonchev–Trinajstić information content (AvgIpc) is 3.23. The molecule has 1 aliphatic rings. The van der Waals surface area contributed by atoms with E-state index in [0.29, 0.717) is 25.6 Å². The maximum atomic E-state index is 13.9. The van der Waals surface area contributed by atoms with Crippen LogP contribution in [0.1, 0.15) is 12.0 Å². The second-order valence-corrected chi connectivity index (χ2v) is 6.48. The van der Waals surface area contributed by atoms with Gasteiger partial charge in [-0.3, -0.25) is 4.99 Å². The molecule has 1 aromatic carbocycles. The quantitative estimate of drug-likeness (QED) is 0.401. The van der Waals surface area contributed by atoms with E-state index in [1.165, 1.54) is 23.8 Å². The Balaban J connectivity index is 0.00000225. The van der Waals surface area contributed by atoms with Gasteiger partial charge in [-0.25, -0.2) is 8.78 Å². The number of rotatable bonds is 4. The number of nitrogens with zero attached hydrogens (tertiary/aromatic N) is 2. The number of hydrogen-bond donors (Lipinski definition) is 2. The van der Waals surface area contributed by atoms with E-state index in [-0.39, 0.29) is 35.7 Å². The molecule has 1 fully saturated rings. The monoisotopic (exact) mass is 478 g/mol. The Kier molecular flexibility index (Phi) is 7.42. The Morgan fingerprint density at radius 3 is 2.72 bits per heavy atom. The van der Waals surface area contributed by atoms with E-state index in [1.54, 1.807) is 23.3 Å². The number of hydrogen-bond acceptors (Lipinski definition) is 3. The molecule has 1 unspecified atom stereocenters. The largest absolute Gasteiger partial charge is 0.365 e. The molecular weight excluding hydrogens is 457 g/mol. The number of benzene rings is 1. The van der Waals surface area contributed by atoms with E-state index in [9.17, 15) is 8.78 Å². The number of para-hydroxylation sites is 1. The van der Waals surface area contributed by atoms with Crippen LogP contribution in [-0.4, -0.2) is 32.1 Å². The van der Waals surface area contributed by atoms with E-state index in [0.717, 1.165) is 6.42 Å². The highest BCUT2D eigenvalue weighted by molar-refractivity contribution is 14.0. The first-order valence-corrected chi connectivity index (χ1v) is 8.79. The van der Waals surface area contributed by atoms with Crippen molar-refractivity contribution in [3.05, 3.63) is 52.2 Å². The van der Waals surface area contributed by atoms with Crippen molar-refractivity contribution in [3.63, 3.8) is 0 Å². The number of thiophene rings is 1. The molecule has 2 N–H and O–H groups in total. The molecule has 1 aliphatic heterocycles. The van der Waals surface area contributed by atoms with Gasteiger partial charge in [-0.1, -0.05) is 6.07 Å². The number of aliphatic imine (C=N–C) groups is 1. The summed E-state index contributed by atoms with van der Waals surface area (Å²) in [5, 5.41) is 10.7. The lowest BCUT2D eigenvalue weighted by molar-refractivity contribution is 0.576. The summed E-state index contributed by atoms with van der Waals surface area (Å²) in [4.78, 5) is 5.96. The van der Waals surface area contributed by atoms with Gasteiger partial charge in [0.25, 0.3) is 0 Å². The molecular formula is C17H21F2IN4S. The van der Waals surface area contributed by atoms with Crippen molar-refractivity contribution in [2.24, 2.45) is 4.99 Å². The minimum absolute atomic E-state index is 0. The molecule has 1 atom stereocenters. The van der Waals surface area contributed by atoms with Gasteiger partial charge in [0.2, 0.25) is 0 Å². The third kappa shape index (κ3) is 5.04. The predicted molar refractivity (Wildman–Crippen MR) is 110 cm³/mol. The van der Waals surface area contributed by atoms with Gasteiger partial charge >= 0.3 is 0 Å². The molecule has 3 rings (SSSR count). The summed E-state index contributed by atoms with van der Waals surface area (Å²) < 4.78 is 27.8. The van der Waals surface area contributed by atoms with Crippen LogP contribution < -0.4 is 15.5 Å². The molecule has 1 aromatic heterocycles. The van der Waals surface area contributed by atoms with Crippen LogP contribution in [0.3, 0.4) is 0 Å². The molecule has 8 heteroatoms. The molecule has 0 aliphatic carbocycles. The van der Waals surface area contributed by atoms with Crippen molar-refractivity contribution in [3.8, 4) is 0 Å². The van der Waals surface area contributed by atoms with Crippen molar-refractivity contribution in [2.45, 2.75) is 19.0 Å². The maximum Gasteiger partial charge on any atom is 0.191 e. The van der Waals surface area contributed by atoms with Crippen LogP contribution in [0, 0.1) is 11.6 Å². The minimum Gasteiger partial charge on any atom is -0.365 e. The van der Waals surface area contributed by atoms with Crippen LogP contribution in [0.2, 0.25) is 0 Å². The summed E-state index contributed by atoms with van der Waals surface area (Å²) in [6, 6.07) is 6.12. The highest BCUT2D eigenvalue weighted by Crippen LogP contribution is 2.26. The molecule has 2 heterocycles. The predicted octanol–water partition coefficient (Wildman–Crippen LogP) is 3.59. The van der Waals surface area contributed by atoms with Crippen LogP contribution in [0.25, 0.3) is 0 Å². The molecule has 0 saturated carbocycles. The van der Waals surface area contributed by atoms with Gasteiger partial charge in [0, 0.05) is 32.7 Å². The van der Waals surface area contributed by atoms with Gasteiger partial charge in [-0.2, -0.15) is 11.3 Å². The average molecular weight is 478 g/mol. The Morgan fingerprint density at radius 1 is 1.32 bits per heavy atom. The third-order valence-corrected chi connectivity index (χ3v) is 4.78. The highest BCUT2D eigenvalue weighted by Gasteiger charge is 2.27. The maximum absolute atomic E-state index is 13.9. The van der Waals surface area contributed by atoms with Crippen molar-refractivity contribution in [1.29, 1.82) is 0 Å². The number of nitrogens with one attached hydrogen (secondary N) is 2. The normalized spacial score (nSPS) is 17.3. The fourth-order valence-corrected chi connectivity index (χ4v) is 3.51. The molecule has 0 spiro atoms. The zero-order chi connectivity index (χ0) is 16.9. The van der Waals surface area contributed by atoms with Crippen LogP contribution in [-0.2, 0) is 6.54 Å². The first-order chi connectivity index (χ1) is 11.7. The van der Waals surface area contributed by atoms with E-state index in [2.05, 4.69) is 27.1 Å². The van der Waals surface area contributed by atoms with E-state index in [1.807, 2.05) is 5.38 Å². The van der Waals surface area contributed by atoms with E-state index < -0.39 is 11.6 Å². The first-order valence-electron chi connectivity index (χ1n) is 7.84. The molecule has 0 bridgehead atoms.